The highest BCUT2D eigenvalue weighted by Crippen LogP contribution is 2.13. The normalized spacial score (nSPS) is 14.1. The van der Waals surface area contributed by atoms with Crippen LogP contribution >= 0.6 is 0 Å². The van der Waals surface area contributed by atoms with Gasteiger partial charge in [0.05, 0.1) is 18.8 Å². The van der Waals surface area contributed by atoms with E-state index < -0.39 is 12.1 Å². The van der Waals surface area contributed by atoms with Crippen LogP contribution in [0.2, 0.25) is 0 Å². The van der Waals surface area contributed by atoms with Gasteiger partial charge in [0.2, 0.25) is 5.91 Å². The minimum absolute atomic E-state index is 0.0889. The van der Waals surface area contributed by atoms with Gasteiger partial charge < -0.3 is 15.5 Å². The second-order valence-electron chi connectivity index (χ2n) is 12.3. The number of aliphatic hydroxyl groups excluding tert-OH is 2. The standard InChI is InChI=1S/C42H71NO3/c1-3-5-7-9-11-13-14-15-16-17-18-19-20-21-22-23-24-25-26-27-28-30-32-34-36-38-42(46)43-40(39-44)41(45)37-35-33-31-29-12-10-8-6-4-2/h4-7,11-13,15-16,18-19,29,35,37,40-41,44-45H,3,8-10,14,17,20-28,30-34,36,38-39H2,1-2H3,(H,43,46)/b6-4+,7-5-,13-11-,16-15-,19-18-,29-12+,37-35+. The predicted octanol–water partition coefficient (Wildman–Crippen LogP) is 11.3. The van der Waals surface area contributed by atoms with Crippen molar-refractivity contribution < 1.29 is 15.0 Å². The summed E-state index contributed by atoms with van der Waals surface area (Å²) in [5.41, 5.74) is 0. The van der Waals surface area contributed by atoms with Gasteiger partial charge in [0.15, 0.2) is 0 Å². The molecule has 0 bridgehead atoms. The fourth-order valence-corrected chi connectivity index (χ4v) is 5.09. The van der Waals surface area contributed by atoms with Gasteiger partial charge in [-0.2, -0.15) is 0 Å². The second kappa shape index (κ2) is 37.0. The Hall–Kier alpha value is -2.43. The lowest BCUT2D eigenvalue weighted by Gasteiger charge is -2.19. The summed E-state index contributed by atoms with van der Waals surface area (Å²) in [5, 5.41) is 22.7. The molecule has 0 aliphatic carbocycles. The van der Waals surface area contributed by atoms with Gasteiger partial charge in [0, 0.05) is 6.42 Å². The van der Waals surface area contributed by atoms with Crippen molar-refractivity contribution in [3.8, 4) is 0 Å². The SMILES string of the molecule is C/C=C/CC/C=C/CC/C=C/C(O)C(CO)NC(=O)CCCCCCCCCCCCCC/C=C\C/C=C\C/C=C\C/C=C\CC. The number of carbonyl (C=O) groups is 1. The van der Waals surface area contributed by atoms with Gasteiger partial charge in [0.25, 0.3) is 0 Å². The summed E-state index contributed by atoms with van der Waals surface area (Å²) < 4.78 is 0. The molecule has 262 valence electrons. The van der Waals surface area contributed by atoms with Crippen molar-refractivity contribution in [2.45, 2.75) is 167 Å². The topological polar surface area (TPSA) is 69.6 Å². The number of hydrogen-bond donors (Lipinski definition) is 3. The van der Waals surface area contributed by atoms with Gasteiger partial charge in [-0.25, -0.2) is 0 Å². The molecule has 0 aliphatic heterocycles. The van der Waals surface area contributed by atoms with Crippen LogP contribution < -0.4 is 5.32 Å². The van der Waals surface area contributed by atoms with Crippen LogP contribution in [0.15, 0.2) is 85.1 Å². The number of allylic oxidation sites excluding steroid dienone is 13. The first-order valence-electron chi connectivity index (χ1n) is 18.8. The lowest BCUT2D eigenvalue weighted by Crippen LogP contribution is -2.45. The Bertz CT molecular complexity index is 864. The smallest absolute Gasteiger partial charge is 0.220 e. The summed E-state index contributed by atoms with van der Waals surface area (Å²) >= 11 is 0. The van der Waals surface area contributed by atoms with Gasteiger partial charge in [-0.05, 0) is 77.6 Å². The van der Waals surface area contributed by atoms with Gasteiger partial charge in [-0.3, -0.25) is 4.79 Å². The van der Waals surface area contributed by atoms with E-state index in [1.54, 1.807) is 6.08 Å². The van der Waals surface area contributed by atoms with E-state index in [0.29, 0.717) is 6.42 Å². The summed E-state index contributed by atoms with van der Waals surface area (Å²) in [6, 6.07) is -0.648. The average molecular weight is 638 g/mol. The molecule has 0 aromatic heterocycles. The molecule has 46 heavy (non-hydrogen) atoms. The van der Waals surface area contributed by atoms with Crippen molar-refractivity contribution in [2.75, 3.05) is 6.61 Å². The monoisotopic (exact) mass is 638 g/mol. The lowest BCUT2D eigenvalue weighted by molar-refractivity contribution is -0.123. The molecular formula is C42H71NO3. The molecule has 0 saturated carbocycles. The van der Waals surface area contributed by atoms with Crippen LogP contribution in [0.25, 0.3) is 0 Å². The van der Waals surface area contributed by atoms with Gasteiger partial charge in [-0.1, -0.05) is 156 Å². The van der Waals surface area contributed by atoms with Crippen LogP contribution in [0.3, 0.4) is 0 Å². The molecule has 0 aliphatic rings. The van der Waals surface area contributed by atoms with Crippen LogP contribution in [0.5, 0.6) is 0 Å². The first-order chi connectivity index (χ1) is 22.7. The second-order valence-corrected chi connectivity index (χ2v) is 12.3. The number of nitrogens with one attached hydrogen (secondary N) is 1. The summed E-state index contributed by atoms with van der Waals surface area (Å²) in [7, 11) is 0. The van der Waals surface area contributed by atoms with E-state index in [9.17, 15) is 15.0 Å². The summed E-state index contributed by atoms with van der Waals surface area (Å²) in [5.74, 6) is -0.0889. The number of unbranched alkanes of at least 4 members (excludes halogenated alkanes) is 14. The number of aliphatic hydroxyl groups is 2. The summed E-state index contributed by atoms with van der Waals surface area (Å²) in [6.45, 7) is 3.93. The molecule has 0 radical (unpaired) electrons. The van der Waals surface area contributed by atoms with Crippen molar-refractivity contribution in [1.82, 2.24) is 5.32 Å². The Morgan fingerprint density at radius 1 is 0.565 bits per heavy atom. The van der Waals surface area contributed by atoms with Crippen molar-refractivity contribution in [2.24, 2.45) is 0 Å². The lowest BCUT2D eigenvalue weighted by atomic mass is 10.0. The zero-order chi connectivity index (χ0) is 33.6. The van der Waals surface area contributed by atoms with E-state index in [1.807, 2.05) is 13.0 Å². The molecular weight excluding hydrogens is 566 g/mol. The van der Waals surface area contributed by atoms with E-state index in [4.69, 9.17) is 0 Å². The average Bonchev–Trinajstić information content (AvgIpc) is 3.06. The van der Waals surface area contributed by atoms with Crippen LogP contribution in [-0.2, 0) is 4.79 Å². The molecule has 0 aromatic rings. The Morgan fingerprint density at radius 3 is 1.52 bits per heavy atom. The maximum absolute atomic E-state index is 12.3. The molecule has 0 fully saturated rings. The minimum Gasteiger partial charge on any atom is -0.394 e. The summed E-state index contributed by atoms with van der Waals surface area (Å²) in [6.07, 6.45) is 54.1. The zero-order valence-electron chi connectivity index (χ0n) is 29.8. The van der Waals surface area contributed by atoms with Crippen molar-refractivity contribution in [3.05, 3.63) is 85.1 Å². The molecule has 4 heteroatoms. The highest BCUT2D eigenvalue weighted by atomic mass is 16.3. The first-order valence-corrected chi connectivity index (χ1v) is 18.8. The number of rotatable bonds is 32. The predicted molar refractivity (Wildman–Crippen MR) is 202 cm³/mol. The van der Waals surface area contributed by atoms with Crippen LogP contribution in [0, 0.1) is 0 Å². The van der Waals surface area contributed by atoms with Crippen molar-refractivity contribution >= 4 is 5.91 Å². The van der Waals surface area contributed by atoms with Crippen LogP contribution in [0.4, 0.5) is 0 Å². The van der Waals surface area contributed by atoms with E-state index in [2.05, 4.69) is 85.2 Å². The Morgan fingerprint density at radius 2 is 1.00 bits per heavy atom. The zero-order valence-corrected chi connectivity index (χ0v) is 29.8. The third kappa shape index (κ3) is 32.9. The molecule has 0 spiro atoms. The molecule has 2 unspecified atom stereocenters. The third-order valence-electron chi connectivity index (χ3n) is 7.93. The maximum Gasteiger partial charge on any atom is 0.220 e. The highest BCUT2D eigenvalue weighted by Gasteiger charge is 2.17. The van der Waals surface area contributed by atoms with Crippen molar-refractivity contribution in [3.63, 3.8) is 0 Å². The Kier molecular flexibility index (Phi) is 35.1. The maximum atomic E-state index is 12.3. The fraction of sp³-hybridized carbons (Fsp3) is 0.643. The molecule has 0 saturated heterocycles. The highest BCUT2D eigenvalue weighted by molar-refractivity contribution is 5.76. The van der Waals surface area contributed by atoms with E-state index in [-0.39, 0.29) is 12.5 Å². The molecule has 3 N–H and O–H groups in total. The number of hydrogen-bond acceptors (Lipinski definition) is 3. The largest absolute Gasteiger partial charge is 0.394 e. The fourth-order valence-electron chi connectivity index (χ4n) is 5.09. The quantitative estimate of drug-likeness (QED) is 0.0508. The van der Waals surface area contributed by atoms with E-state index in [0.717, 1.165) is 64.2 Å². The van der Waals surface area contributed by atoms with Gasteiger partial charge in [-0.15, -0.1) is 0 Å². The molecule has 0 rings (SSSR count). The van der Waals surface area contributed by atoms with Crippen LogP contribution in [-0.4, -0.2) is 34.9 Å². The number of amides is 1. The molecule has 0 aromatic carbocycles. The Labute approximate surface area is 284 Å². The molecule has 0 heterocycles. The van der Waals surface area contributed by atoms with E-state index >= 15 is 0 Å². The molecule has 1 amide bonds. The first kappa shape index (κ1) is 43.6. The summed E-state index contributed by atoms with van der Waals surface area (Å²) in [4.78, 5) is 12.3. The Balaban J connectivity index is 3.58. The minimum atomic E-state index is -0.872. The molecule has 2 atom stereocenters. The molecule has 4 nitrogen and oxygen atoms in total. The number of carbonyl (C=O) groups excluding carboxylic acids is 1. The third-order valence-corrected chi connectivity index (χ3v) is 7.93. The van der Waals surface area contributed by atoms with E-state index in [1.165, 1.54) is 70.6 Å². The van der Waals surface area contributed by atoms with Gasteiger partial charge >= 0.3 is 0 Å². The van der Waals surface area contributed by atoms with Crippen LogP contribution in [0.1, 0.15) is 155 Å². The van der Waals surface area contributed by atoms with Gasteiger partial charge in [0.1, 0.15) is 0 Å². The van der Waals surface area contributed by atoms with Crippen molar-refractivity contribution in [1.29, 1.82) is 0 Å².